The highest BCUT2D eigenvalue weighted by atomic mass is 16.2. The average Bonchev–Trinajstić information content (AvgIpc) is 2.78. The van der Waals surface area contributed by atoms with E-state index < -0.39 is 0 Å². The Bertz CT molecular complexity index is 1080. The highest BCUT2D eigenvalue weighted by Crippen LogP contribution is 2.16. The molecule has 0 bridgehead atoms. The van der Waals surface area contributed by atoms with E-state index in [1.807, 2.05) is 37.3 Å². The van der Waals surface area contributed by atoms with Crippen LogP contribution in [-0.4, -0.2) is 24.3 Å². The monoisotopic (exact) mass is 430 g/mol. The standard InChI is InChI=1S/C25H26N4O3/c1-17(19-7-4-3-5-8-19)27-25(32)20-11-13-21(14-12-20)26-16-24(31)29-23-10-6-9-22(15-23)28-18(2)30/h3-15,17,26H,16H2,1-2H3,(H,27,32)(H,28,30)(H,29,31). The van der Waals surface area contributed by atoms with Gasteiger partial charge in [-0.25, -0.2) is 0 Å². The first-order chi connectivity index (χ1) is 15.4. The SMILES string of the molecule is CC(=O)Nc1cccc(NC(=O)CNc2ccc(C(=O)NC(C)c3ccccc3)cc2)c1. The third-order valence-electron chi connectivity index (χ3n) is 4.71. The summed E-state index contributed by atoms with van der Waals surface area (Å²) in [5.74, 6) is -0.574. The lowest BCUT2D eigenvalue weighted by molar-refractivity contribution is -0.115. The zero-order chi connectivity index (χ0) is 22.9. The summed E-state index contributed by atoms with van der Waals surface area (Å²) in [6, 6.07) is 23.5. The maximum atomic E-state index is 12.5. The Hall–Kier alpha value is -4.13. The van der Waals surface area contributed by atoms with Gasteiger partial charge in [0, 0.05) is 29.5 Å². The van der Waals surface area contributed by atoms with E-state index in [1.54, 1.807) is 48.5 Å². The largest absolute Gasteiger partial charge is 0.376 e. The van der Waals surface area contributed by atoms with Crippen molar-refractivity contribution >= 4 is 34.8 Å². The van der Waals surface area contributed by atoms with Gasteiger partial charge in [-0.2, -0.15) is 0 Å². The summed E-state index contributed by atoms with van der Waals surface area (Å²) in [6.45, 7) is 3.42. The summed E-state index contributed by atoms with van der Waals surface area (Å²) in [5.41, 5.74) is 3.49. The summed E-state index contributed by atoms with van der Waals surface area (Å²) in [7, 11) is 0. The highest BCUT2D eigenvalue weighted by molar-refractivity contribution is 5.96. The minimum absolute atomic E-state index is 0.0565. The quantitative estimate of drug-likeness (QED) is 0.431. The minimum atomic E-state index is -0.233. The second-order valence-corrected chi connectivity index (χ2v) is 7.35. The number of nitrogens with one attached hydrogen (secondary N) is 4. The van der Waals surface area contributed by atoms with Gasteiger partial charge in [-0.05, 0) is 55.0 Å². The number of benzene rings is 3. The van der Waals surface area contributed by atoms with E-state index in [1.165, 1.54) is 6.92 Å². The Morgan fingerprint density at radius 1 is 0.781 bits per heavy atom. The first-order valence-corrected chi connectivity index (χ1v) is 10.3. The predicted molar refractivity (Wildman–Crippen MR) is 127 cm³/mol. The number of hydrogen-bond acceptors (Lipinski definition) is 4. The van der Waals surface area contributed by atoms with Crippen LogP contribution >= 0.6 is 0 Å². The molecule has 0 aliphatic carbocycles. The van der Waals surface area contributed by atoms with Crippen molar-refractivity contribution in [3.05, 3.63) is 90.0 Å². The Morgan fingerprint density at radius 3 is 2.09 bits per heavy atom. The zero-order valence-electron chi connectivity index (χ0n) is 18.0. The fourth-order valence-electron chi connectivity index (χ4n) is 3.11. The van der Waals surface area contributed by atoms with Crippen molar-refractivity contribution in [2.24, 2.45) is 0 Å². The lowest BCUT2D eigenvalue weighted by Gasteiger charge is -2.14. The van der Waals surface area contributed by atoms with Crippen LogP contribution in [0.4, 0.5) is 17.1 Å². The summed E-state index contributed by atoms with van der Waals surface area (Å²) in [6.07, 6.45) is 0. The molecule has 0 aliphatic heterocycles. The van der Waals surface area contributed by atoms with Crippen LogP contribution in [0.25, 0.3) is 0 Å². The first kappa shape index (κ1) is 22.6. The van der Waals surface area contributed by atoms with Crippen LogP contribution in [0.5, 0.6) is 0 Å². The third kappa shape index (κ3) is 6.70. The fourth-order valence-corrected chi connectivity index (χ4v) is 3.11. The summed E-state index contributed by atoms with van der Waals surface area (Å²) in [5, 5.41) is 11.5. The lowest BCUT2D eigenvalue weighted by atomic mass is 10.1. The molecule has 1 atom stereocenters. The van der Waals surface area contributed by atoms with E-state index >= 15 is 0 Å². The predicted octanol–water partition coefficient (Wildman–Crippen LogP) is 4.19. The van der Waals surface area contributed by atoms with E-state index in [-0.39, 0.29) is 30.3 Å². The molecule has 164 valence electrons. The van der Waals surface area contributed by atoms with E-state index in [0.29, 0.717) is 16.9 Å². The van der Waals surface area contributed by atoms with Gasteiger partial charge in [0.2, 0.25) is 11.8 Å². The van der Waals surface area contributed by atoms with Crippen molar-refractivity contribution in [3.63, 3.8) is 0 Å². The molecule has 32 heavy (non-hydrogen) atoms. The van der Waals surface area contributed by atoms with Gasteiger partial charge in [0.25, 0.3) is 5.91 Å². The van der Waals surface area contributed by atoms with Crippen LogP contribution in [0.1, 0.15) is 35.8 Å². The molecule has 7 nitrogen and oxygen atoms in total. The fraction of sp³-hybridized carbons (Fsp3) is 0.160. The second-order valence-electron chi connectivity index (χ2n) is 7.35. The normalized spacial score (nSPS) is 11.2. The van der Waals surface area contributed by atoms with Crippen molar-refractivity contribution in [3.8, 4) is 0 Å². The van der Waals surface area contributed by atoms with Crippen LogP contribution in [0.2, 0.25) is 0 Å². The molecule has 1 unspecified atom stereocenters. The van der Waals surface area contributed by atoms with Gasteiger partial charge in [0.15, 0.2) is 0 Å². The summed E-state index contributed by atoms with van der Waals surface area (Å²) >= 11 is 0. The second kappa shape index (κ2) is 10.8. The molecule has 0 spiro atoms. The van der Waals surface area contributed by atoms with Crippen molar-refractivity contribution in [1.82, 2.24) is 5.32 Å². The number of carbonyl (C=O) groups excluding carboxylic acids is 3. The van der Waals surface area contributed by atoms with Gasteiger partial charge < -0.3 is 21.3 Å². The number of carbonyl (C=O) groups is 3. The first-order valence-electron chi connectivity index (χ1n) is 10.3. The smallest absolute Gasteiger partial charge is 0.251 e. The Morgan fingerprint density at radius 2 is 1.44 bits per heavy atom. The third-order valence-corrected chi connectivity index (χ3v) is 4.71. The van der Waals surface area contributed by atoms with Gasteiger partial charge in [0.05, 0.1) is 12.6 Å². The Balaban J connectivity index is 1.49. The van der Waals surface area contributed by atoms with Crippen LogP contribution in [0, 0.1) is 0 Å². The molecule has 3 aromatic carbocycles. The number of rotatable bonds is 8. The highest BCUT2D eigenvalue weighted by Gasteiger charge is 2.11. The van der Waals surface area contributed by atoms with Crippen molar-refractivity contribution in [2.45, 2.75) is 19.9 Å². The molecule has 3 amide bonds. The van der Waals surface area contributed by atoms with Crippen molar-refractivity contribution in [2.75, 3.05) is 22.5 Å². The van der Waals surface area contributed by atoms with E-state index in [0.717, 1.165) is 11.3 Å². The van der Waals surface area contributed by atoms with E-state index in [2.05, 4.69) is 21.3 Å². The molecule has 7 heteroatoms. The molecule has 0 radical (unpaired) electrons. The van der Waals surface area contributed by atoms with E-state index in [4.69, 9.17) is 0 Å². The minimum Gasteiger partial charge on any atom is -0.376 e. The molecule has 0 saturated heterocycles. The Labute approximate surface area is 187 Å². The molecule has 0 saturated carbocycles. The van der Waals surface area contributed by atoms with Crippen LogP contribution in [0.15, 0.2) is 78.9 Å². The lowest BCUT2D eigenvalue weighted by Crippen LogP contribution is -2.26. The molecule has 0 aromatic heterocycles. The maximum Gasteiger partial charge on any atom is 0.251 e. The molecule has 3 aromatic rings. The molecule has 0 heterocycles. The summed E-state index contributed by atoms with van der Waals surface area (Å²) < 4.78 is 0. The van der Waals surface area contributed by atoms with Gasteiger partial charge in [0.1, 0.15) is 0 Å². The van der Waals surface area contributed by atoms with E-state index in [9.17, 15) is 14.4 Å². The van der Waals surface area contributed by atoms with Gasteiger partial charge in [-0.1, -0.05) is 36.4 Å². The van der Waals surface area contributed by atoms with Crippen LogP contribution < -0.4 is 21.3 Å². The van der Waals surface area contributed by atoms with Crippen molar-refractivity contribution in [1.29, 1.82) is 0 Å². The molecule has 0 aliphatic rings. The molecule has 0 fully saturated rings. The topological polar surface area (TPSA) is 99.3 Å². The average molecular weight is 431 g/mol. The molecule has 3 rings (SSSR count). The molecular formula is C25H26N4O3. The zero-order valence-corrected chi connectivity index (χ0v) is 18.0. The van der Waals surface area contributed by atoms with Crippen molar-refractivity contribution < 1.29 is 14.4 Å². The van der Waals surface area contributed by atoms with Crippen LogP contribution in [-0.2, 0) is 9.59 Å². The molecule has 4 N–H and O–H groups in total. The van der Waals surface area contributed by atoms with Gasteiger partial charge in [-0.15, -0.1) is 0 Å². The number of hydrogen-bond donors (Lipinski definition) is 4. The van der Waals surface area contributed by atoms with Gasteiger partial charge in [-0.3, -0.25) is 14.4 Å². The van der Waals surface area contributed by atoms with Gasteiger partial charge >= 0.3 is 0 Å². The number of anilines is 3. The summed E-state index contributed by atoms with van der Waals surface area (Å²) in [4.78, 5) is 35.9. The molecular weight excluding hydrogens is 404 g/mol. The Kier molecular flexibility index (Phi) is 7.59. The maximum absolute atomic E-state index is 12.5. The van der Waals surface area contributed by atoms with Crippen LogP contribution in [0.3, 0.4) is 0 Å². The number of amides is 3.